The number of hydrogen-bond donors (Lipinski definition) is 1. The van der Waals surface area contributed by atoms with E-state index >= 15 is 0 Å². The lowest BCUT2D eigenvalue weighted by Gasteiger charge is -2.28. The first-order valence-corrected chi connectivity index (χ1v) is 10.0. The van der Waals surface area contributed by atoms with E-state index in [2.05, 4.69) is 10.1 Å². The highest BCUT2D eigenvalue weighted by Crippen LogP contribution is 2.30. The monoisotopic (exact) mass is 422 g/mol. The molecule has 0 bridgehead atoms. The van der Waals surface area contributed by atoms with Crippen molar-refractivity contribution < 1.29 is 28.7 Å². The molecule has 158 valence electrons. The van der Waals surface area contributed by atoms with Gasteiger partial charge in [-0.2, -0.15) is 0 Å². The van der Waals surface area contributed by atoms with Crippen LogP contribution in [0.3, 0.4) is 0 Å². The molecule has 1 fully saturated rings. The molecule has 0 spiro atoms. The number of carbonyl (C=O) groups is 4. The molecule has 0 radical (unpaired) electrons. The number of anilines is 1. The van der Waals surface area contributed by atoms with Crippen molar-refractivity contribution in [2.45, 2.75) is 51.0 Å². The zero-order valence-corrected chi connectivity index (χ0v) is 18.0. The average Bonchev–Trinajstić information content (AvgIpc) is 3.03. The molecule has 1 N–H and O–H groups in total. The van der Waals surface area contributed by atoms with E-state index in [9.17, 15) is 19.2 Å². The minimum atomic E-state index is -0.788. The topological polar surface area (TPSA) is 102 Å². The minimum Gasteiger partial charge on any atom is -0.465 e. The van der Waals surface area contributed by atoms with E-state index in [0.717, 1.165) is 11.8 Å². The smallest absolute Gasteiger partial charge is 0.411 e. The average molecular weight is 423 g/mol. The molecule has 1 aromatic rings. The molecule has 0 aliphatic carbocycles. The predicted molar refractivity (Wildman–Crippen MR) is 110 cm³/mol. The molecule has 1 aromatic carbocycles. The first-order valence-electron chi connectivity index (χ1n) is 9.16. The van der Waals surface area contributed by atoms with Gasteiger partial charge in [-0.1, -0.05) is 17.8 Å². The highest BCUT2D eigenvalue weighted by Gasteiger charge is 2.42. The van der Waals surface area contributed by atoms with Crippen molar-refractivity contribution in [1.82, 2.24) is 4.90 Å². The number of carbonyl (C=O) groups excluding carboxylic acids is 4. The number of esters is 1. The summed E-state index contributed by atoms with van der Waals surface area (Å²) in [6.07, 6.45) is -0.279. The third-order valence-electron chi connectivity index (χ3n) is 4.08. The molecule has 2 atom stereocenters. The van der Waals surface area contributed by atoms with Gasteiger partial charge in [-0.3, -0.25) is 14.5 Å². The number of thioether (sulfide) groups is 1. The number of benzene rings is 1. The van der Waals surface area contributed by atoms with Crippen LogP contribution in [-0.4, -0.2) is 58.5 Å². The van der Waals surface area contributed by atoms with Crippen LogP contribution in [0.1, 0.15) is 44.5 Å². The van der Waals surface area contributed by atoms with Crippen LogP contribution in [0.4, 0.5) is 10.5 Å². The van der Waals surface area contributed by atoms with Crippen LogP contribution in [0.25, 0.3) is 0 Å². The highest BCUT2D eigenvalue weighted by molar-refractivity contribution is 8.14. The standard InChI is InChI=1S/C20H26N2O6S/c1-12(23)29-15-10-16(22(11-15)19(26)28-20(2,3)4)17(24)21-14-8-6-7-13(9-14)18(25)27-5/h6-9,15-16H,10-11H2,1-5H3,(H,21,24). The van der Waals surface area contributed by atoms with Gasteiger partial charge < -0.3 is 14.8 Å². The van der Waals surface area contributed by atoms with Crippen molar-refractivity contribution in [3.63, 3.8) is 0 Å². The predicted octanol–water partition coefficient (Wildman–Crippen LogP) is 3.07. The largest absolute Gasteiger partial charge is 0.465 e. The molecule has 8 nitrogen and oxygen atoms in total. The van der Waals surface area contributed by atoms with E-state index in [0.29, 0.717) is 17.7 Å². The van der Waals surface area contributed by atoms with Crippen molar-refractivity contribution >= 4 is 40.5 Å². The van der Waals surface area contributed by atoms with Gasteiger partial charge in [0.15, 0.2) is 5.12 Å². The number of methoxy groups -OCH3 is 1. The number of amides is 2. The Morgan fingerprint density at radius 2 is 1.90 bits per heavy atom. The third-order valence-corrected chi connectivity index (χ3v) is 5.08. The summed E-state index contributed by atoms with van der Waals surface area (Å²) < 4.78 is 10.1. The first kappa shape index (κ1) is 22.7. The highest BCUT2D eigenvalue weighted by atomic mass is 32.2. The van der Waals surface area contributed by atoms with Gasteiger partial charge in [0, 0.05) is 24.4 Å². The fourth-order valence-corrected chi connectivity index (χ4v) is 3.94. The number of nitrogens with one attached hydrogen (secondary N) is 1. The summed E-state index contributed by atoms with van der Waals surface area (Å²) in [6, 6.07) is 5.54. The van der Waals surface area contributed by atoms with Gasteiger partial charge in [0.25, 0.3) is 0 Å². The molecule has 29 heavy (non-hydrogen) atoms. The Morgan fingerprint density at radius 1 is 1.21 bits per heavy atom. The number of ether oxygens (including phenoxy) is 2. The number of hydrogen-bond acceptors (Lipinski definition) is 7. The van der Waals surface area contributed by atoms with Crippen LogP contribution in [0.2, 0.25) is 0 Å². The summed E-state index contributed by atoms with van der Waals surface area (Å²) in [7, 11) is 1.28. The van der Waals surface area contributed by atoms with Crippen molar-refractivity contribution in [1.29, 1.82) is 0 Å². The lowest BCUT2D eigenvalue weighted by molar-refractivity contribution is -0.120. The van der Waals surface area contributed by atoms with Gasteiger partial charge >= 0.3 is 12.1 Å². The van der Waals surface area contributed by atoms with Crippen LogP contribution in [0.15, 0.2) is 24.3 Å². The van der Waals surface area contributed by atoms with E-state index in [-0.39, 0.29) is 16.9 Å². The van der Waals surface area contributed by atoms with Gasteiger partial charge in [0.1, 0.15) is 11.6 Å². The van der Waals surface area contributed by atoms with E-state index in [1.54, 1.807) is 39.0 Å². The van der Waals surface area contributed by atoms with Crippen LogP contribution in [0.5, 0.6) is 0 Å². The summed E-state index contributed by atoms with van der Waals surface area (Å²) >= 11 is 1.11. The Labute approximate surface area is 174 Å². The fraction of sp³-hybridized carbons (Fsp3) is 0.500. The Kier molecular flexibility index (Phi) is 7.29. The maximum absolute atomic E-state index is 12.9. The Bertz CT molecular complexity index is 804. The van der Waals surface area contributed by atoms with E-state index < -0.39 is 29.6 Å². The Morgan fingerprint density at radius 3 is 2.48 bits per heavy atom. The van der Waals surface area contributed by atoms with Crippen LogP contribution >= 0.6 is 11.8 Å². The molecular weight excluding hydrogens is 396 g/mol. The van der Waals surface area contributed by atoms with Crippen LogP contribution in [0, 0.1) is 0 Å². The van der Waals surface area contributed by atoms with E-state index in [4.69, 9.17) is 4.74 Å². The van der Waals surface area contributed by atoms with Crippen molar-refractivity contribution in [2.75, 3.05) is 19.0 Å². The molecule has 2 rings (SSSR count). The van der Waals surface area contributed by atoms with Crippen molar-refractivity contribution in [2.24, 2.45) is 0 Å². The number of rotatable bonds is 4. The van der Waals surface area contributed by atoms with Gasteiger partial charge in [-0.25, -0.2) is 9.59 Å². The Balaban J connectivity index is 2.18. The van der Waals surface area contributed by atoms with Gasteiger partial charge in [-0.15, -0.1) is 0 Å². The quantitative estimate of drug-likeness (QED) is 0.744. The van der Waals surface area contributed by atoms with Gasteiger partial charge in [0.2, 0.25) is 5.91 Å². The molecule has 2 amide bonds. The molecule has 2 unspecified atom stereocenters. The lowest BCUT2D eigenvalue weighted by Crippen LogP contribution is -2.45. The Hall–Kier alpha value is -2.55. The summed E-state index contributed by atoms with van der Waals surface area (Å²) in [5.41, 5.74) is -0.00545. The molecular formula is C20H26N2O6S. The fourth-order valence-electron chi connectivity index (χ4n) is 2.96. The van der Waals surface area contributed by atoms with Crippen molar-refractivity contribution in [3.8, 4) is 0 Å². The van der Waals surface area contributed by atoms with Crippen LogP contribution in [-0.2, 0) is 19.1 Å². The molecule has 1 saturated heterocycles. The second kappa shape index (κ2) is 9.30. The lowest BCUT2D eigenvalue weighted by atomic mass is 10.1. The normalized spacial score (nSPS) is 18.9. The molecule has 1 aliphatic heterocycles. The number of nitrogens with zero attached hydrogens (tertiary/aromatic N) is 1. The van der Waals surface area contributed by atoms with Crippen LogP contribution < -0.4 is 5.32 Å². The van der Waals surface area contributed by atoms with Gasteiger partial charge in [-0.05, 0) is 45.4 Å². The number of likely N-dealkylation sites (tertiary alicyclic amines) is 1. The van der Waals surface area contributed by atoms with Crippen molar-refractivity contribution in [3.05, 3.63) is 29.8 Å². The maximum Gasteiger partial charge on any atom is 0.411 e. The second-order valence-electron chi connectivity index (χ2n) is 7.68. The van der Waals surface area contributed by atoms with E-state index in [1.807, 2.05) is 0 Å². The molecule has 1 heterocycles. The second-order valence-corrected chi connectivity index (χ2v) is 9.15. The maximum atomic E-state index is 12.9. The van der Waals surface area contributed by atoms with E-state index in [1.165, 1.54) is 25.0 Å². The molecule has 0 saturated carbocycles. The third kappa shape index (κ3) is 6.49. The molecule has 0 aromatic heterocycles. The summed E-state index contributed by atoms with van der Waals surface area (Å²) in [5, 5.41) is 2.46. The summed E-state index contributed by atoms with van der Waals surface area (Å²) in [6.45, 7) is 6.93. The first-order chi connectivity index (χ1) is 13.5. The molecule has 1 aliphatic rings. The zero-order valence-electron chi connectivity index (χ0n) is 17.2. The minimum absolute atomic E-state index is 0.0778. The molecule has 9 heteroatoms. The zero-order chi connectivity index (χ0) is 21.8. The summed E-state index contributed by atoms with van der Waals surface area (Å²) in [4.78, 5) is 50.0. The summed E-state index contributed by atoms with van der Waals surface area (Å²) in [5.74, 6) is -0.931. The SMILES string of the molecule is COC(=O)c1cccc(NC(=O)C2CC(SC(C)=O)CN2C(=O)OC(C)(C)C)c1. The van der Waals surface area contributed by atoms with Gasteiger partial charge in [0.05, 0.1) is 12.7 Å².